The van der Waals surface area contributed by atoms with E-state index < -0.39 is 11.7 Å². The molecule has 3 rings (SSSR count). The molecule has 1 aliphatic heterocycles. The van der Waals surface area contributed by atoms with Gasteiger partial charge in [-0.2, -0.15) is 9.61 Å². The molecule has 0 aromatic carbocycles. The van der Waals surface area contributed by atoms with E-state index in [9.17, 15) is 10.2 Å². The van der Waals surface area contributed by atoms with E-state index in [1.54, 1.807) is 13.1 Å². The van der Waals surface area contributed by atoms with Crippen LogP contribution in [-0.4, -0.2) is 48.1 Å². The van der Waals surface area contributed by atoms with E-state index in [1.165, 1.54) is 10.8 Å². The lowest BCUT2D eigenvalue weighted by Gasteiger charge is -2.24. The van der Waals surface area contributed by atoms with Gasteiger partial charge in [-0.1, -0.05) is 0 Å². The van der Waals surface area contributed by atoms with Crippen LogP contribution in [0.4, 0.5) is 5.95 Å². The minimum absolute atomic E-state index is 0.236. The van der Waals surface area contributed by atoms with Crippen LogP contribution in [0.15, 0.2) is 12.5 Å². The Balaban J connectivity index is 2.01. The number of anilines is 1. The number of aromatic nitrogens is 4. The van der Waals surface area contributed by atoms with Gasteiger partial charge in [0.2, 0.25) is 5.95 Å². The maximum atomic E-state index is 9.97. The summed E-state index contributed by atoms with van der Waals surface area (Å²) in [5.41, 5.74) is 6.01. The molecule has 102 valence electrons. The van der Waals surface area contributed by atoms with Crippen LogP contribution in [0.25, 0.3) is 5.65 Å². The van der Waals surface area contributed by atoms with Crippen molar-refractivity contribution in [2.24, 2.45) is 0 Å². The molecule has 3 atom stereocenters. The zero-order valence-corrected chi connectivity index (χ0v) is 10.4. The minimum Gasteiger partial charge on any atom is -0.393 e. The third kappa shape index (κ3) is 1.76. The van der Waals surface area contributed by atoms with Gasteiger partial charge < -0.3 is 20.7 Å². The standard InChI is InChI=1S/C11H15N5O3/c1-11(4-17)8(18)2-7(19-11)6-3-15-16-9(6)13-5-14-10(16)12/h3,5,7-8,17-18H,2,4H2,1H3,(H2,12,13,14). The van der Waals surface area contributed by atoms with Crippen molar-refractivity contribution in [1.29, 1.82) is 0 Å². The molecule has 0 radical (unpaired) electrons. The fourth-order valence-corrected chi connectivity index (χ4v) is 2.31. The second-order valence-electron chi connectivity index (χ2n) is 4.90. The number of aliphatic hydroxyl groups excluding tert-OH is 2. The quantitative estimate of drug-likeness (QED) is 0.655. The van der Waals surface area contributed by atoms with Gasteiger partial charge >= 0.3 is 0 Å². The van der Waals surface area contributed by atoms with Crippen molar-refractivity contribution in [2.45, 2.75) is 31.2 Å². The zero-order valence-electron chi connectivity index (χ0n) is 10.4. The Morgan fingerprint density at radius 3 is 3.05 bits per heavy atom. The third-order valence-corrected chi connectivity index (χ3v) is 3.57. The number of hydrogen-bond donors (Lipinski definition) is 3. The van der Waals surface area contributed by atoms with Gasteiger partial charge in [-0.3, -0.25) is 0 Å². The predicted molar refractivity (Wildman–Crippen MR) is 65.1 cm³/mol. The number of fused-ring (bicyclic) bond motifs is 1. The van der Waals surface area contributed by atoms with E-state index in [0.29, 0.717) is 12.1 Å². The summed E-state index contributed by atoms with van der Waals surface area (Å²) in [6, 6.07) is 0. The van der Waals surface area contributed by atoms with Crippen LogP contribution >= 0.6 is 0 Å². The Bertz CT molecular complexity index is 615. The molecule has 0 saturated carbocycles. The lowest BCUT2D eigenvalue weighted by molar-refractivity contribution is -0.0991. The lowest BCUT2D eigenvalue weighted by Crippen LogP contribution is -2.39. The van der Waals surface area contributed by atoms with E-state index in [-0.39, 0.29) is 18.7 Å². The van der Waals surface area contributed by atoms with Crippen molar-refractivity contribution in [2.75, 3.05) is 12.3 Å². The summed E-state index contributed by atoms with van der Waals surface area (Å²) in [5.74, 6) is 0.236. The first-order chi connectivity index (χ1) is 9.05. The molecule has 2 aromatic heterocycles. The van der Waals surface area contributed by atoms with E-state index in [1.807, 2.05) is 0 Å². The molecule has 19 heavy (non-hydrogen) atoms. The predicted octanol–water partition coefficient (Wildman–Crippen LogP) is -0.720. The van der Waals surface area contributed by atoms with Gasteiger partial charge in [0.05, 0.1) is 25.0 Å². The molecule has 8 heteroatoms. The van der Waals surface area contributed by atoms with E-state index in [2.05, 4.69) is 15.1 Å². The Morgan fingerprint density at radius 2 is 2.37 bits per heavy atom. The highest BCUT2D eigenvalue weighted by atomic mass is 16.5. The van der Waals surface area contributed by atoms with Crippen molar-refractivity contribution < 1.29 is 14.9 Å². The first-order valence-corrected chi connectivity index (χ1v) is 5.96. The summed E-state index contributed by atoms with van der Waals surface area (Å²) in [5, 5.41) is 23.4. The van der Waals surface area contributed by atoms with Crippen LogP contribution in [0.1, 0.15) is 25.0 Å². The highest BCUT2D eigenvalue weighted by molar-refractivity contribution is 5.50. The average molecular weight is 265 g/mol. The van der Waals surface area contributed by atoms with Crippen molar-refractivity contribution in [1.82, 2.24) is 19.6 Å². The molecule has 0 aliphatic carbocycles. The van der Waals surface area contributed by atoms with Crippen LogP contribution in [0.2, 0.25) is 0 Å². The summed E-state index contributed by atoms with van der Waals surface area (Å²) in [4.78, 5) is 7.97. The molecule has 0 bridgehead atoms. The second kappa shape index (κ2) is 4.12. The van der Waals surface area contributed by atoms with Gasteiger partial charge in [0, 0.05) is 12.0 Å². The normalized spacial score (nSPS) is 31.1. The van der Waals surface area contributed by atoms with Crippen molar-refractivity contribution in [3.63, 3.8) is 0 Å². The summed E-state index contributed by atoms with van der Waals surface area (Å²) in [6.07, 6.45) is 2.21. The number of rotatable bonds is 2. The van der Waals surface area contributed by atoms with Crippen molar-refractivity contribution in [3.8, 4) is 0 Å². The van der Waals surface area contributed by atoms with Crippen LogP contribution < -0.4 is 5.73 Å². The van der Waals surface area contributed by atoms with Gasteiger partial charge in [-0.05, 0) is 6.92 Å². The Hall–Kier alpha value is -1.77. The zero-order chi connectivity index (χ0) is 13.6. The largest absolute Gasteiger partial charge is 0.393 e. The van der Waals surface area contributed by atoms with E-state index in [0.717, 1.165) is 5.56 Å². The van der Waals surface area contributed by atoms with Crippen LogP contribution in [-0.2, 0) is 4.74 Å². The number of nitrogens with two attached hydrogens (primary N) is 1. The molecular formula is C11H15N5O3. The van der Waals surface area contributed by atoms with Gasteiger partial charge in [-0.15, -0.1) is 0 Å². The van der Waals surface area contributed by atoms with Gasteiger partial charge in [0.25, 0.3) is 0 Å². The summed E-state index contributed by atoms with van der Waals surface area (Å²) in [6.45, 7) is 1.42. The maximum absolute atomic E-state index is 9.97. The van der Waals surface area contributed by atoms with E-state index >= 15 is 0 Å². The molecule has 8 nitrogen and oxygen atoms in total. The monoisotopic (exact) mass is 265 g/mol. The highest BCUT2D eigenvalue weighted by Crippen LogP contribution is 2.40. The number of nitrogens with zero attached hydrogens (tertiary/aromatic N) is 4. The topological polar surface area (TPSA) is 119 Å². The van der Waals surface area contributed by atoms with Gasteiger partial charge in [0.1, 0.15) is 11.9 Å². The maximum Gasteiger partial charge on any atom is 0.224 e. The van der Waals surface area contributed by atoms with Crippen LogP contribution in [0.5, 0.6) is 0 Å². The Kier molecular flexibility index (Phi) is 2.66. The molecule has 4 N–H and O–H groups in total. The first-order valence-electron chi connectivity index (χ1n) is 5.96. The summed E-state index contributed by atoms with van der Waals surface area (Å²) >= 11 is 0. The molecule has 0 amide bonds. The number of nitrogen functional groups attached to an aromatic ring is 1. The molecule has 3 heterocycles. The van der Waals surface area contributed by atoms with Crippen molar-refractivity contribution in [3.05, 3.63) is 18.1 Å². The highest BCUT2D eigenvalue weighted by Gasteiger charge is 2.45. The van der Waals surface area contributed by atoms with Crippen LogP contribution in [0, 0.1) is 0 Å². The molecule has 1 aliphatic rings. The molecule has 2 aromatic rings. The molecule has 0 spiro atoms. The Morgan fingerprint density at radius 1 is 1.58 bits per heavy atom. The van der Waals surface area contributed by atoms with Crippen LogP contribution in [0.3, 0.4) is 0 Å². The average Bonchev–Trinajstić information content (AvgIpc) is 2.94. The minimum atomic E-state index is -0.961. The fraction of sp³-hybridized carbons (Fsp3) is 0.545. The first kappa shape index (κ1) is 12.3. The molecule has 3 unspecified atom stereocenters. The SMILES string of the molecule is CC1(CO)OC(c2cnn3c(N)ncnc23)CC1O. The van der Waals surface area contributed by atoms with Gasteiger partial charge in [-0.25, -0.2) is 9.97 Å². The van der Waals surface area contributed by atoms with E-state index in [4.69, 9.17) is 10.5 Å². The molecule has 1 saturated heterocycles. The second-order valence-corrected chi connectivity index (χ2v) is 4.90. The van der Waals surface area contributed by atoms with Gasteiger partial charge in [0.15, 0.2) is 5.65 Å². The lowest BCUT2D eigenvalue weighted by atomic mass is 9.99. The summed E-state index contributed by atoms with van der Waals surface area (Å²) in [7, 11) is 0. The summed E-state index contributed by atoms with van der Waals surface area (Å²) < 4.78 is 7.16. The van der Waals surface area contributed by atoms with Crippen molar-refractivity contribution >= 4 is 11.6 Å². The molecular weight excluding hydrogens is 250 g/mol. The fourth-order valence-electron chi connectivity index (χ4n) is 2.31. The smallest absolute Gasteiger partial charge is 0.224 e. The number of aliphatic hydroxyl groups is 2. The third-order valence-electron chi connectivity index (χ3n) is 3.57. The molecule has 1 fully saturated rings. The Labute approximate surface area is 108 Å². The number of ether oxygens (including phenoxy) is 1. The number of hydrogen-bond acceptors (Lipinski definition) is 7.